The van der Waals surface area contributed by atoms with Crippen molar-refractivity contribution in [3.8, 4) is 0 Å². The molecule has 2 aromatic carbocycles. The second-order valence-electron chi connectivity index (χ2n) is 8.85. The third-order valence-corrected chi connectivity index (χ3v) is 7.45. The van der Waals surface area contributed by atoms with Crippen LogP contribution in [0.15, 0.2) is 59.0 Å². The Kier molecular flexibility index (Phi) is 7.80. The average molecular weight is 589 g/mol. The van der Waals surface area contributed by atoms with Gasteiger partial charge in [0.05, 0.1) is 16.1 Å². The van der Waals surface area contributed by atoms with E-state index >= 15 is 0 Å². The summed E-state index contributed by atoms with van der Waals surface area (Å²) >= 11 is 2.14. The number of anilines is 2. The lowest BCUT2D eigenvalue weighted by Gasteiger charge is -2.31. The van der Waals surface area contributed by atoms with Crippen LogP contribution in [0.1, 0.15) is 44.0 Å². The van der Waals surface area contributed by atoms with Crippen molar-refractivity contribution in [2.75, 3.05) is 23.3 Å². The number of hydrogen-bond donors (Lipinski definition) is 2. The van der Waals surface area contributed by atoms with E-state index in [1.54, 1.807) is 45.0 Å². The summed E-state index contributed by atoms with van der Waals surface area (Å²) in [6.07, 6.45) is -1.13. The molecule has 1 heterocycles. The molecule has 3 rings (SSSR count). The fraction of sp³-hybridized carbons (Fsp3) is 0.348. The molecule has 10 heteroatoms. The molecule has 0 unspecified atom stereocenters. The van der Waals surface area contributed by atoms with Crippen LogP contribution in [0.2, 0.25) is 0 Å². The van der Waals surface area contributed by atoms with Gasteiger partial charge in [-0.05, 0) is 98.2 Å². The summed E-state index contributed by atoms with van der Waals surface area (Å²) in [5.74, 6) is -0.405. The van der Waals surface area contributed by atoms with Gasteiger partial charge in [-0.3, -0.25) is 4.79 Å². The lowest BCUT2D eigenvalue weighted by Crippen LogP contribution is -2.40. The summed E-state index contributed by atoms with van der Waals surface area (Å²) in [7, 11) is -3.76. The van der Waals surface area contributed by atoms with Gasteiger partial charge < -0.3 is 10.2 Å². The van der Waals surface area contributed by atoms with Crippen LogP contribution in [0.25, 0.3) is 0 Å². The maximum Gasteiger partial charge on any atom is 0.269 e. The monoisotopic (exact) mass is 589 g/mol. The van der Waals surface area contributed by atoms with Gasteiger partial charge >= 0.3 is 0 Å². The zero-order chi connectivity index (χ0) is 24.4. The molecule has 178 valence electrons. The van der Waals surface area contributed by atoms with E-state index in [0.717, 1.165) is 3.57 Å². The normalized spacial score (nSPS) is 14.8. The second-order valence-corrected chi connectivity index (χ2v) is 11.8. The highest BCUT2D eigenvalue weighted by Crippen LogP contribution is 2.30. The minimum atomic E-state index is -3.76. The van der Waals surface area contributed by atoms with Gasteiger partial charge in [0, 0.05) is 27.9 Å². The van der Waals surface area contributed by atoms with Gasteiger partial charge in [0.2, 0.25) is 10.0 Å². The zero-order valence-electron chi connectivity index (χ0n) is 18.6. The van der Waals surface area contributed by atoms with Crippen molar-refractivity contribution >= 4 is 49.9 Å². The summed E-state index contributed by atoms with van der Waals surface area (Å²) in [5.41, 5.74) is 0.901. The van der Waals surface area contributed by atoms with Gasteiger partial charge in [-0.25, -0.2) is 13.1 Å². The van der Waals surface area contributed by atoms with E-state index in [4.69, 9.17) is 0 Å². The molecule has 0 aliphatic carbocycles. The first-order chi connectivity index (χ1) is 15.4. The Morgan fingerprint density at radius 2 is 1.73 bits per heavy atom. The SMILES string of the molecule is CC(C)(C)NS(=O)(=O)c1cccc(NC(=O)c2ccc(I)cc2N2CCC(=C(F)F)CC2)c1. The molecule has 0 aromatic heterocycles. The number of piperidine rings is 1. The van der Waals surface area contributed by atoms with Crippen molar-refractivity contribution in [3.05, 3.63) is 63.3 Å². The van der Waals surface area contributed by atoms with Gasteiger partial charge in [-0.15, -0.1) is 0 Å². The van der Waals surface area contributed by atoms with Crippen LogP contribution in [0.4, 0.5) is 20.2 Å². The fourth-order valence-electron chi connectivity index (χ4n) is 3.57. The predicted octanol–water partition coefficient (Wildman–Crippen LogP) is 5.37. The average Bonchev–Trinajstić information content (AvgIpc) is 2.72. The van der Waals surface area contributed by atoms with Gasteiger partial charge in [0.15, 0.2) is 0 Å². The highest BCUT2D eigenvalue weighted by Gasteiger charge is 2.24. The number of carbonyl (C=O) groups excluding carboxylic acids is 1. The Morgan fingerprint density at radius 3 is 2.33 bits per heavy atom. The first-order valence-corrected chi connectivity index (χ1v) is 12.9. The van der Waals surface area contributed by atoms with Crippen LogP contribution >= 0.6 is 22.6 Å². The molecule has 1 amide bonds. The molecular formula is C23H26F2IN3O3S. The summed E-state index contributed by atoms with van der Waals surface area (Å²) in [5, 5.41) is 2.77. The third kappa shape index (κ3) is 6.73. The number of sulfonamides is 1. The van der Waals surface area contributed by atoms with Crippen LogP contribution in [-0.4, -0.2) is 33.0 Å². The summed E-state index contributed by atoms with van der Waals surface area (Å²) in [4.78, 5) is 15.1. The first kappa shape index (κ1) is 25.6. The fourth-order valence-corrected chi connectivity index (χ4v) is 5.51. The molecule has 2 N–H and O–H groups in total. The molecule has 0 saturated carbocycles. The van der Waals surface area contributed by atoms with Crippen molar-refractivity contribution in [3.63, 3.8) is 0 Å². The van der Waals surface area contributed by atoms with Crippen LogP contribution in [-0.2, 0) is 10.0 Å². The van der Waals surface area contributed by atoms with E-state index in [-0.39, 0.29) is 23.3 Å². The molecule has 0 spiro atoms. The molecule has 0 bridgehead atoms. The van der Waals surface area contributed by atoms with Crippen molar-refractivity contribution in [2.24, 2.45) is 0 Å². The third-order valence-electron chi connectivity index (χ3n) is 5.02. The van der Waals surface area contributed by atoms with Crippen molar-refractivity contribution in [1.82, 2.24) is 4.72 Å². The molecule has 1 aliphatic heterocycles. The number of nitrogens with zero attached hydrogens (tertiary/aromatic N) is 1. The Hall–Kier alpha value is -2.05. The standard InChI is InChI=1S/C23H26F2IN3O3S/c1-23(2,3)28-33(31,32)18-6-4-5-17(14-18)27-22(30)19-8-7-16(26)13-20(19)29-11-9-15(10-12-29)21(24)25/h4-8,13-14,28H,9-12H2,1-3H3,(H,27,30). The van der Waals surface area contributed by atoms with E-state index in [2.05, 4.69) is 32.6 Å². The maximum atomic E-state index is 13.1. The second kappa shape index (κ2) is 10.1. The van der Waals surface area contributed by atoms with E-state index in [9.17, 15) is 22.0 Å². The number of rotatable bonds is 5. The maximum absolute atomic E-state index is 13.1. The van der Waals surface area contributed by atoms with Gasteiger partial charge in [-0.2, -0.15) is 8.78 Å². The van der Waals surface area contributed by atoms with E-state index < -0.39 is 27.6 Å². The minimum Gasteiger partial charge on any atom is -0.370 e. The summed E-state index contributed by atoms with van der Waals surface area (Å²) in [6, 6.07) is 11.4. The molecule has 6 nitrogen and oxygen atoms in total. The van der Waals surface area contributed by atoms with Crippen LogP contribution in [0.3, 0.4) is 0 Å². The molecule has 1 fully saturated rings. The predicted molar refractivity (Wildman–Crippen MR) is 134 cm³/mol. The number of nitrogens with one attached hydrogen (secondary N) is 2. The molecule has 33 heavy (non-hydrogen) atoms. The highest BCUT2D eigenvalue weighted by molar-refractivity contribution is 14.1. The van der Waals surface area contributed by atoms with Crippen molar-refractivity contribution in [1.29, 1.82) is 0 Å². The highest BCUT2D eigenvalue weighted by atomic mass is 127. The largest absolute Gasteiger partial charge is 0.370 e. The molecule has 2 aromatic rings. The number of carbonyl (C=O) groups is 1. The molecular weight excluding hydrogens is 563 g/mol. The number of hydrogen-bond acceptors (Lipinski definition) is 4. The summed E-state index contributed by atoms with van der Waals surface area (Å²) in [6.45, 7) is 6.01. The van der Waals surface area contributed by atoms with Crippen LogP contribution in [0, 0.1) is 3.57 Å². The van der Waals surface area contributed by atoms with E-state index in [0.29, 0.717) is 30.0 Å². The van der Waals surface area contributed by atoms with E-state index in [1.165, 1.54) is 12.1 Å². The molecule has 0 atom stereocenters. The lowest BCUT2D eigenvalue weighted by atomic mass is 10.0. The Bertz CT molecular complexity index is 1180. The number of amides is 1. The van der Waals surface area contributed by atoms with Crippen molar-refractivity contribution in [2.45, 2.75) is 44.0 Å². The van der Waals surface area contributed by atoms with Gasteiger partial charge in [0.25, 0.3) is 12.0 Å². The quantitative estimate of drug-likeness (QED) is 0.460. The van der Waals surface area contributed by atoms with E-state index in [1.807, 2.05) is 11.0 Å². The van der Waals surface area contributed by atoms with Gasteiger partial charge in [0.1, 0.15) is 0 Å². The number of benzene rings is 2. The number of halogens is 3. The topological polar surface area (TPSA) is 78.5 Å². The lowest BCUT2D eigenvalue weighted by molar-refractivity contribution is 0.102. The van der Waals surface area contributed by atoms with Gasteiger partial charge in [-0.1, -0.05) is 6.07 Å². The Morgan fingerprint density at radius 1 is 1.06 bits per heavy atom. The zero-order valence-corrected chi connectivity index (χ0v) is 21.6. The Labute approximate surface area is 206 Å². The van der Waals surface area contributed by atoms with Crippen LogP contribution in [0.5, 0.6) is 0 Å². The van der Waals surface area contributed by atoms with Crippen LogP contribution < -0.4 is 14.9 Å². The molecule has 1 saturated heterocycles. The van der Waals surface area contributed by atoms with Crippen molar-refractivity contribution < 1.29 is 22.0 Å². The smallest absolute Gasteiger partial charge is 0.269 e. The molecule has 0 radical (unpaired) electrons. The summed E-state index contributed by atoms with van der Waals surface area (Å²) < 4.78 is 54.6. The Balaban J connectivity index is 1.84. The molecule has 1 aliphatic rings. The first-order valence-electron chi connectivity index (χ1n) is 10.4. The minimum absolute atomic E-state index is 0.0432.